The number of allylic oxidation sites excluding steroid dienone is 4. The van der Waals surface area contributed by atoms with Gasteiger partial charge in [0.05, 0.1) is 5.92 Å². The average Bonchev–Trinajstić information content (AvgIpc) is 2.07. The molecule has 78 valence electrons. The lowest BCUT2D eigenvalue weighted by atomic mass is 9.89. The molecular formula is C12H17ClO. The Kier molecular flexibility index (Phi) is 3.94. The number of carbonyl (C=O) groups is 1. The predicted molar refractivity (Wildman–Crippen MR) is 60.5 cm³/mol. The van der Waals surface area contributed by atoms with Crippen molar-refractivity contribution in [3.05, 3.63) is 23.8 Å². The molecule has 0 N–H and O–H groups in total. The summed E-state index contributed by atoms with van der Waals surface area (Å²) in [6.45, 7) is 6.21. The van der Waals surface area contributed by atoms with Crippen LogP contribution >= 0.6 is 11.6 Å². The largest absolute Gasteiger partial charge is 0.294 e. The van der Waals surface area contributed by atoms with Gasteiger partial charge in [0.2, 0.25) is 0 Å². The fraction of sp³-hybridized carbons (Fsp3) is 0.583. The molecule has 1 nitrogen and oxygen atoms in total. The Bertz CT molecular complexity index is 274. The monoisotopic (exact) mass is 212 g/mol. The number of ketones is 1. The molecule has 0 fully saturated rings. The van der Waals surface area contributed by atoms with Gasteiger partial charge in [-0.05, 0) is 25.3 Å². The minimum absolute atomic E-state index is 0.116. The van der Waals surface area contributed by atoms with Gasteiger partial charge in [0.15, 0.2) is 5.78 Å². The van der Waals surface area contributed by atoms with E-state index in [4.69, 9.17) is 11.6 Å². The van der Waals surface area contributed by atoms with Crippen molar-refractivity contribution in [2.24, 2.45) is 11.8 Å². The zero-order valence-electron chi connectivity index (χ0n) is 8.96. The number of carbonyl (C=O) groups excluding carboxylic acids is 1. The van der Waals surface area contributed by atoms with E-state index in [1.807, 2.05) is 19.1 Å². The lowest BCUT2D eigenvalue weighted by Gasteiger charge is -2.18. The van der Waals surface area contributed by atoms with Crippen molar-refractivity contribution in [3.8, 4) is 0 Å². The van der Waals surface area contributed by atoms with Crippen molar-refractivity contribution in [1.29, 1.82) is 0 Å². The molecule has 0 amide bonds. The van der Waals surface area contributed by atoms with Crippen molar-refractivity contribution in [2.45, 2.75) is 32.6 Å². The van der Waals surface area contributed by atoms with Gasteiger partial charge in [-0.15, -0.1) is 11.6 Å². The standard InChI is InChI=1S/C12H17ClO/c1-8(2)6-10-4-5-12(14)11(7-10)9(3)13/h4-5,7-9,11H,6H2,1-3H3. The van der Waals surface area contributed by atoms with E-state index in [1.54, 1.807) is 6.08 Å². The van der Waals surface area contributed by atoms with E-state index in [0.29, 0.717) is 5.92 Å². The van der Waals surface area contributed by atoms with Crippen LogP contribution in [0.3, 0.4) is 0 Å². The Labute approximate surface area is 90.8 Å². The van der Waals surface area contributed by atoms with Crippen LogP contribution in [0.25, 0.3) is 0 Å². The molecule has 0 aromatic rings. The first-order valence-corrected chi connectivity index (χ1v) is 5.51. The van der Waals surface area contributed by atoms with Gasteiger partial charge in [0.1, 0.15) is 0 Å². The van der Waals surface area contributed by atoms with E-state index >= 15 is 0 Å². The zero-order valence-corrected chi connectivity index (χ0v) is 9.71. The number of hydrogen-bond donors (Lipinski definition) is 0. The minimum atomic E-state index is -0.129. The van der Waals surface area contributed by atoms with Gasteiger partial charge in [0.25, 0.3) is 0 Å². The van der Waals surface area contributed by atoms with E-state index in [1.165, 1.54) is 5.57 Å². The summed E-state index contributed by atoms with van der Waals surface area (Å²) in [5.74, 6) is 0.612. The van der Waals surface area contributed by atoms with Crippen LogP contribution in [0.2, 0.25) is 0 Å². The van der Waals surface area contributed by atoms with E-state index in [0.717, 1.165) is 6.42 Å². The number of hydrogen-bond acceptors (Lipinski definition) is 1. The second-order valence-corrected chi connectivity index (χ2v) is 4.97. The van der Waals surface area contributed by atoms with Gasteiger partial charge in [-0.25, -0.2) is 0 Å². The first kappa shape index (κ1) is 11.5. The SMILES string of the molecule is CC(C)CC1=CC(C(C)Cl)C(=O)C=C1. The molecule has 1 rings (SSSR count). The molecule has 1 aliphatic rings. The quantitative estimate of drug-likeness (QED) is 0.656. The van der Waals surface area contributed by atoms with Gasteiger partial charge in [0, 0.05) is 5.38 Å². The van der Waals surface area contributed by atoms with Gasteiger partial charge in [-0.1, -0.05) is 31.6 Å². The molecule has 0 spiro atoms. The van der Waals surface area contributed by atoms with Crippen LogP contribution < -0.4 is 0 Å². The molecule has 0 aromatic heterocycles. The van der Waals surface area contributed by atoms with Crippen molar-refractivity contribution < 1.29 is 4.79 Å². The molecule has 2 atom stereocenters. The maximum absolute atomic E-state index is 11.5. The molecule has 14 heavy (non-hydrogen) atoms. The first-order valence-electron chi connectivity index (χ1n) is 5.07. The summed E-state index contributed by atoms with van der Waals surface area (Å²) in [6, 6.07) is 0. The maximum atomic E-state index is 11.5. The van der Waals surface area contributed by atoms with Crippen LogP contribution in [0.15, 0.2) is 23.8 Å². The molecule has 1 aliphatic carbocycles. The Morgan fingerprint density at radius 2 is 2.00 bits per heavy atom. The lowest BCUT2D eigenvalue weighted by Crippen LogP contribution is -2.21. The van der Waals surface area contributed by atoms with Crippen molar-refractivity contribution in [2.75, 3.05) is 0 Å². The van der Waals surface area contributed by atoms with Gasteiger partial charge in [-0.2, -0.15) is 0 Å². The molecular weight excluding hydrogens is 196 g/mol. The van der Waals surface area contributed by atoms with E-state index < -0.39 is 0 Å². The van der Waals surface area contributed by atoms with Crippen molar-refractivity contribution in [3.63, 3.8) is 0 Å². The lowest BCUT2D eigenvalue weighted by molar-refractivity contribution is -0.117. The minimum Gasteiger partial charge on any atom is -0.294 e. The summed E-state index contributed by atoms with van der Waals surface area (Å²) in [6.07, 6.45) is 6.60. The summed E-state index contributed by atoms with van der Waals surface area (Å²) in [5, 5.41) is -0.116. The highest BCUT2D eigenvalue weighted by atomic mass is 35.5. The first-order chi connectivity index (χ1) is 6.50. The third-order valence-electron chi connectivity index (χ3n) is 2.32. The molecule has 2 unspecified atom stereocenters. The summed E-state index contributed by atoms with van der Waals surface area (Å²) < 4.78 is 0. The second kappa shape index (κ2) is 4.79. The third kappa shape index (κ3) is 2.98. The summed E-state index contributed by atoms with van der Waals surface area (Å²) in [4.78, 5) is 11.5. The highest BCUT2D eigenvalue weighted by molar-refractivity contribution is 6.22. The fourth-order valence-electron chi connectivity index (χ4n) is 1.64. The summed E-state index contributed by atoms with van der Waals surface area (Å²) >= 11 is 5.95. The zero-order chi connectivity index (χ0) is 10.7. The topological polar surface area (TPSA) is 17.1 Å². The number of alkyl halides is 1. The van der Waals surface area contributed by atoms with E-state index in [9.17, 15) is 4.79 Å². The van der Waals surface area contributed by atoms with Crippen LogP contribution in [0.4, 0.5) is 0 Å². The highest BCUT2D eigenvalue weighted by Gasteiger charge is 2.22. The molecule has 0 bridgehead atoms. The molecule has 0 radical (unpaired) electrons. The molecule has 0 heterocycles. The molecule has 0 aliphatic heterocycles. The van der Waals surface area contributed by atoms with Gasteiger partial charge in [-0.3, -0.25) is 4.79 Å². The van der Waals surface area contributed by atoms with Crippen LogP contribution in [-0.4, -0.2) is 11.2 Å². The van der Waals surface area contributed by atoms with Gasteiger partial charge < -0.3 is 0 Å². The Morgan fingerprint density at radius 1 is 1.36 bits per heavy atom. The van der Waals surface area contributed by atoms with Crippen LogP contribution in [0.1, 0.15) is 27.2 Å². The molecule has 0 aromatic carbocycles. The molecule has 0 saturated carbocycles. The van der Waals surface area contributed by atoms with Crippen LogP contribution in [0, 0.1) is 11.8 Å². The van der Waals surface area contributed by atoms with Crippen molar-refractivity contribution >= 4 is 17.4 Å². The van der Waals surface area contributed by atoms with E-state index in [2.05, 4.69) is 13.8 Å². The maximum Gasteiger partial charge on any atom is 0.164 e. The number of halogens is 1. The average molecular weight is 213 g/mol. The van der Waals surface area contributed by atoms with Crippen LogP contribution in [-0.2, 0) is 4.79 Å². The molecule has 2 heteroatoms. The second-order valence-electron chi connectivity index (χ2n) is 4.28. The normalized spacial score (nSPS) is 23.9. The van der Waals surface area contributed by atoms with Crippen LogP contribution in [0.5, 0.6) is 0 Å². The predicted octanol–water partition coefficient (Wildman–Crippen LogP) is 3.34. The van der Waals surface area contributed by atoms with Gasteiger partial charge >= 0.3 is 0 Å². The highest BCUT2D eigenvalue weighted by Crippen LogP contribution is 2.24. The number of rotatable bonds is 3. The fourth-order valence-corrected chi connectivity index (χ4v) is 1.83. The Hall–Kier alpha value is -0.560. The smallest absolute Gasteiger partial charge is 0.164 e. The molecule has 0 saturated heterocycles. The summed E-state index contributed by atoms with van der Waals surface area (Å²) in [7, 11) is 0. The Morgan fingerprint density at radius 3 is 2.50 bits per heavy atom. The van der Waals surface area contributed by atoms with Crippen molar-refractivity contribution in [1.82, 2.24) is 0 Å². The van der Waals surface area contributed by atoms with E-state index in [-0.39, 0.29) is 17.1 Å². The Balaban J connectivity index is 2.74. The summed E-state index contributed by atoms with van der Waals surface area (Å²) in [5.41, 5.74) is 1.23. The third-order valence-corrected chi connectivity index (χ3v) is 2.59.